The highest BCUT2D eigenvalue weighted by Crippen LogP contribution is 2.33. The van der Waals surface area contributed by atoms with Crippen molar-refractivity contribution in [2.24, 2.45) is 0 Å². The van der Waals surface area contributed by atoms with E-state index in [2.05, 4.69) is 14.9 Å². The molecule has 25 heavy (non-hydrogen) atoms. The zero-order valence-electron chi connectivity index (χ0n) is 14.8. The molecule has 0 aliphatic carbocycles. The number of hydrogen-bond donors (Lipinski definition) is 2. The number of carbonyl (C=O) groups excluding carboxylic acids is 1. The molecule has 1 atom stereocenters. The van der Waals surface area contributed by atoms with Gasteiger partial charge in [-0.1, -0.05) is 0 Å². The highest BCUT2D eigenvalue weighted by Gasteiger charge is 2.31. The topological polar surface area (TPSA) is 87.7 Å². The molecule has 2 aliphatic rings. The Morgan fingerprint density at radius 2 is 2.00 bits per heavy atom. The van der Waals surface area contributed by atoms with Gasteiger partial charge in [-0.15, -0.1) is 0 Å². The van der Waals surface area contributed by atoms with Gasteiger partial charge in [0.1, 0.15) is 0 Å². The summed E-state index contributed by atoms with van der Waals surface area (Å²) in [7, 11) is -3.64. The van der Waals surface area contributed by atoms with E-state index >= 15 is 0 Å². The number of morpholine rings is 1. The SMILES string of the molecule is C[C@H]1C(=O)Nc2ccc(S(=O)(=O)NCC(C)(C)N3CCOCC3)cc21. The van der Waals surface area contributed by atoms with Crippen molar-refractivity contribution in [2.45, 2.75) is 37.1 Å². The normalized spacial score (nSPS) is 21.9. The highest BCUT2D eigenvalue weighted by atomic mass is 32.2. The Kier molecular flexibility index (Phi) is 4.89. The van der Waals surface area contributed by atoms with Crippen LogP contribution < -0.4 is 10.0 Å². The second-order valence-corrected chi connectivity index (χ2v) is 8.96. The molecule has 0 bridgehead atoms. The van der Waals surface area contributed by atoms with E-state index < -0.39 is 10.0 Å². The van der Waals surface area contributed by atoms with Crippen LogP contribution in [0.25, 0.3) is 0 Å². The summed E-state index contributed by atoms with van der Waals surface area (Å²) in [5.74, 6) is -0.444. The van der Waals surface area contributed by atoms with Gasteiger partial charge < -0.3 is 10.1 Å². The maximum atomic E-state index is 12.7. The maximum absolute atomic E-state index is 12.7. The molecule has 2 aliphatic heterocycles. The fourth-order valence-electron chi connectivity index (χ4n) is 3.20. The van der Waals surface area contributed by atoms with Crippen LogP contribution in [-0.2, 0) is 19.6 Å². The summed E-state index contributed by atoms with van der Waals surface area (Å²) >= 11 is 0. The minimum absolute atomic E-state index is 0.106. The van der Waals surface area contributed by atoms with Crippen molar-refractivity contribution in [2.75, 3.05) is 38.2 Å². The maximum Gasteiger partial charge on any atom is 0.240 e. The molecule has 138 valence electrons. The van der Waals surface area contributed by atoms with E-state index in [1.165, 1.54) is 6.07 Å². The molecule has 2 heterocycles. The molecular formula is C17H25N3O4S. The lowest BCUT2D eigenvalue weighted by Crippen LogP contribution is -2.55. The van der Waals surface area contributed by atoms with E-state index in [1.54, 1.807) is 19.1 Å². The Morgan fingerprint density at radius 3 is 2.68 bits per heavy atom. The number of fused-ring (bicyclic) bond motifs is 1. The molecule has 7 nitrogen and oxygen atoms in total. The Balaban J connectivity index is 1.73. The summed E-state index contributed by atoms with van der Waals surface area (Å²) in [6, 6.07) is 4.77. The third-order valence-corrected chi connectivity index (χ3v) is 6.41. The van der Waals surface area contributed by atoms with Crippen LogP contribution in [0.3, 0.4) is 0 Å². The smallest absolute Gasteiger partial charge is 0.240 e. The van der Waals surface area contributed by atoms with Crippen LogP contribution in [0.5, 0.6) is 0 Å². The summed E-state index contributed by atoms with van der Waals surface area (Å²) in [6.45, 7) is 9.03. The molecule has 1 saturated heterocycles. The summed E-state index contributed by atoms with van der Waals surface area (Å²) in [4.78, 5) is 14.1. The average molecular weight is 367 g/mol. The molecule has 1 amide bonds. The molecule has 2 N–H and O–H groups in total. The number of benzene rings is 1. The van der Waals surface area contributed by atoms with Gasteiger partial charge in [-0.3, -0.25) is 9.69 Å². The molecule has 8 heteroatoms. The van der Waals surface area contributed by atoms with Crippen molar-refractivity contribution in [3.05, 3.63) is 23.8 Å². The first-order valence-corrected chi connectivity index (χ1v) is 9.96. The Labute approximate surface area is 148 Å². The number of carbonyl (C=O) groups is 1. The highest BCUT2D eigenvalue weighted by molar-refractivity contribution is 7.89. The molecule has 3 rings (SSSR count). The number of nitrogens with one attached hydrogen (secondary N) is 2. The van der Waals surface area contributed by atoms with E-state index in [4.69, 9.17) is 4.74 Å². The molecule has 0 unspecified atom stereocenters. The van der Waals surface area contributed by atoms with E-state index in [0.29, 0.717) is 25.4 Å². The molecule has 0 radical (unpaired) electrons. The van der Waals surface area contributed by atoms with Crippen molar-refractivity contribution >= 4 is 21.6 Å². The zero-order valence-corrected chi connectivity index (χ0v) is 15.6. The van der Waals surface area contributed by atoms with E-state index in [1.807, 2.05) is 13.8 Å². The predicted octanol–water partition coefficient (Wildman–Crippen LogP) is 1.13. The first-order valence-electron chi connectivity index (χ1n) is 8.48. The number of rotatable bonds is 5. The van der Waals surface area contributed by atoms with Crippen LogP contribution in [-0.4, -0.2) is 57.6 Å². The standard InChI is InChI=1S/C17H25N3O4S/c1-12-14-10-13(4-5-15(14)19-16(12)21)25(22,23)18-11-17(2,3)20-6-8-24-9-7-20/h4-5,10,12,18H,6-9,11H2,1-3H3,(H,19,21)/t12-/m1/s1. The van der Waals surface area contributed by atoms with Crippen molar-refractivity contribution in [1.29, 1.82) is 0 Å². The minimum atomic E-state index is -3.64. The van der Waals surface area contributed by atoms with Crippen molar-refractivity contribution in [3.63, 3.8) is 0 Å². The third kappa shape index (κ3) is 3.72. The molecule has 1 aromatic carbocycles. The van der Waals surface area contributed by atoms with Gasteiger partial charge in [0, 0.05) is 30.9 Å². The van der Waals surface area contributed by atoms with E-state index in [-0.39, 0.29) is 22.3 Å². The first-order chi connectivity index (χ1) is 11.7. The summed E-state index contributed by atoms with van der Waals surface area (Å²) in [5, 5.41) is 2.75. The van der Waals surface area contributed by atoms with Crippen LogP contribution in [0.1, 0.15) is 32.3 Å². The lowest BCUT2D eigenvalue weighted by Gasteiger charge is -2.40. The van der Waals surface area contributed by atoms with Gasteiger partial charge in [-0.25, -0.2) is 13.1 Å². The number of amides is 1. The Hall–Kier alpha value is -1.48. The largest absolute Gasteiger partial charge is 0.379 e. The van der Waals surface area contributed by atoms with Crippen molar-refractivity contribution < 1.29 is 17.9 Å². The second kappa shape index (κ2) is 6.68. The number of ether oxygens (including phenoxy) is 1. The average Bonchev–Trinajstić information content (AvgIpc) is 2.88. The predicted molar refractivity (Wildman–Crippen MR) is 95.1 cm³/mol. The molecule has 0 spiro atoms. The molecule has 1 fully saturated rings. The van der Waals surface area contributed by atoms with Crippen LogP contribution in [0.15, 0.2) is 23.1 Å². The minimum Gasteiger partial charge on any atom is -0.379 e. The van der Waals surface area contributed by atoms with Crippen molar-refractivity contribution in [3.8, 4) is 0 Å². The molecule has 0 saturated carbocycles. The lowest BCUT2D eigenvalue weighted by atomic mass is 10.0. The fraction of sp³-hybridized carbons (Fsp3) is 0.588. The summed E-state index contributed by atoms with van der Waals surface area (Å²) < 4.78 is 33.5. The van der Waals surface area contributed by atoms with Crippen LogP contribution in [0, 0.1) is 0 Å². The van der Waals surface area contributed by atoms with E-state index in [9.17, 15) is 13.2 Å². The van der Waals surface area contributed by atoms with Gasteiger partial charge in [-0.2, -0.15) is 0 Å². The first kappa shape index (κ1) is 18.3. The summed E-state index contributed by atoms with van der Waals surface area (Å²) in [5.41, 5.74) is 1.10. The zero-order chi connectivity index (χ0) is 18.2. The quantitative estimate of drug-likeness (QED) is 0.815. The lowest BCUT2D eigenvalue weighted by molar-refractivity contribution is -0.116. The van der Waals surface area contributed by atoms with E-state index in [0.717, 1.165) is 18.7 Å². The number of sulfonamides is 1. The van der Waals surface area contributed by atoms with Crippen LogP contribution in [0.4, 0.5) is 5.69 Å². The number of nitrogens with zero attached hydrogens (tertiary/aromatic N) is 1. The second-order valence-electron chi connectivity index (χ2n) is 7.20. The monoisotopic (exact) mass is 367 g/mol. The van der Waals surface area contributed by atoms with Crippen molar-refractivity contribution in [1.82, 2.24) is 9.62 Å². The Bertz CT molecular complexity index is 770. The fourth-order valence-corrected chi connectivity index (χ4v) is 4.44. The molecule has 1 aromatic rings. The number of hydrogen-bond acceptors (Lipinski definition) is 5. The third-order valence-electron chi connectivity index (χ3n) is 5.01. The van der Waals surface area contributed by atoms with Crippen LogP contribution >= 0.6 is 0 Å². The Morgan fingerprint density at radius 1 is 1.32 bits per heavy atom. The van der Waals surface area contributed by atoms with Gasteiger partial charge in [0.25, 0.3) is 0 Å². The van der Waals surface area contributed by atoms with Gasteiger partial charge in [0.05, 0.1) is 24.0 Å². The summed E-state index contributed by atoms with van der Waals surface area (Å²) in [6.07, 6.45) is 0. The molecular weight excluding hydrogens is 342 g/mol. The molecule has 0 aromatic heterocycles. The number of anilines is 1. The van der Waals surface area contributed by atoms with Gasteiger partial charge >= 0.3 is 0 Å². The van der Waals surface area contributed by atoms with Gasteiger partial charge in [-0.05, 0) is 44.5 Å². The van der Waals surface area contributed by atoms with Crippen LogP contribution in [0.2, 0.25) is 0 Å². The van der Waals surface area contributed by atoms with Gasteiger partial charge in [0.15, 0.2) is 0 Å². The van der Waals surface area contributed by atoms with Gasteiger partial charge in [0.2, 0.25) is 15.9 Å².